The van der Waals surface area contributed by atoms with Crippen molar-refractivity contribution in [3.8, 4) is 0 Å². The highest BCUT2D eigenvalue weighted by atomic mass is 16.3. The zero-order valence-corrected chi connectivity index (χ0v) is 12.3. The number of hydrogen-bond acceptors (Lipinski definition) is 4. The number of furan rings is 1. The fourth-order valence-corrected chi connectivity index (χ4v) is 2.11. The summed E-state index contributed by atoms with van der Waals surface area (Å²) >= 11 is 0. The minimum Gasteiger partial charge on any atom is -0.468 e. The third-order valence-electron chi connectivity index (χ3n) is 3.23. The van der Waals surface area contributed by atoms with Crippen molar-refractivity contribution in [3.63, 3.8) is 0 Å². The van der Waals surface area contributed by atoms with Crippen LogP contribution >= 0.6 is 0 Å². The van der Waals surface area contributed by atoms with Crippen LogP contribution < -0.4 is 5.32 Å². The highest BCUT2D eigenvalue weighted by Gasteiger charge is 2.10. The van der Waals surface area contributed by atoms with Crippen molar-refractivity contribution in [2.45, 2.75) is 33.4 Å². The van der Waals surface area contributed by atoms with Gasteiger partial charge in [-0.05, 0) is 31.2 Å². The van der Waals surface area contributed by atoms with Crippen LogP contribution in [0.4, 0.5) is 5.82 Å². The Morgan fingerprint density at radius 2 is 2.10 bits per heavy atom. The number of nitrogens with zero attached hydrogens (tertiary/aromatic N) is 2. The van der Waals surface area contributed by atoms with Gasteiger partial charge in [-0.15, -0.1) is 0 Å². The van der Waals surface area contributed by atoms with Gasteiger partial charge in [-0.2, -0.15) is 0 Å². The van der Waals surface area contributed by atoms with Crippen LogP contribution in [0, 0.1) is 0 Å². The molecule has 4 nitrogen and oxygen atoms in total. The lowest BCUT2D eigenvalue weighted by molar-refractivity contribution is 0.248. The van der Waals surface area contributed by atoms with Crippen LogP contribution in [-0.4, -0.2) is 23.0 Å². The zero-order chi connectivity index (χ0) is 14.2. The molecule has 0 aromatic carbocycles. The molecule has 20 heavy (non-hydrogen) atoms. The Labute approximate surface area is 120 Å². The normalized spacial score (nSPS) is 10.9. The Bertz CT molecular complexity index is 496. The quantitative estimate of drug-likeness (QED) is 0.799. The SMILES string of the molecule is CCCNc1ncccc1CN(CC)Cc1ccco1. The molecule has 0 aliphatic rings. The molecule has 0 bridgehead atoms. The maximum Gasteiger partial charge on any atom is 0.130 e. The van der Waals surface area contributed by atoms with Gasteiger partial charge < -0.3 is 9.73 Å². The average Bonchev–Trinajstić information content (AvgIpc) is 2.98. The van der Waals surface area contributed by atoms with E-state index in [4.69, 9.17) is 4.42 Å². The van der Waals surface area contributed by atoms with Crippen molar-refractivity contribution in [2.75, 3.05) is 18.4 Å². The van der Waals surface area contributed by atoms with E-state index in [1.807, 2.05) is 24.4 Å². The summed E-state index contributed by atoms with van der Waals surface area (Å²) < 4.78 is 5.43. The minimum absolute atomic E-state index is 0.825. The van der Waals surface area contributed by atoms with Gasteiger partial charge in [-0.1, -0.05) is 19.9 Å². The first-order valence-electron chi connectivity index (χ1n) is 7.26. The molecule has 0 aliphatic carbocycles. The highest BCUT2D eigenvalue weighted by molar-refractivity contribution is 5.43. The molecule has 2 heterocycles. The Morgan fingerprint density at radius 1 is 1.20 bits per heavy atom. The first-order chi connectivity index (χ1) is 9.83. The predicted octanol–water partition coefficient (Wildman–Crippen LogP) is 3.52. The summed E-state index contributed by atoms with van der Waals surface area (Å²) in [5.74, 6) is 1.99. The molecule has 0 spiro atoms. The molecule has 0 fully saturated rings. The van der Waals surface area contributed by atoms with E-state index >= 15 is 0 Å². The molecule has 0 aliphatic heterocycles. The van der Waals surface area contributed by atoms with Gasteiger partial charge in [-0.3, -0.25) is 4.90 Å². The fraction of sp³-hybridized carbons (Fsp3) is 0.438. The Balaban J connectivity index is 2.03. The van der Waals surface area contributed by atoms with Crippen molar-refractivity contribution in [3.05, 3.63) is 48.0 Å². The van der Waals surface area contributed by atoms with E-state index in [-0.39, 0.29) is 0 Å². The molecular weight excluding hydrogens is 250 g/mol. The maximum absolute atomic E-state index is 5.43. The second-order valence-electron chi connectivity index (χ2n) is 4.82. The average molecular weight is 273 g/mol. The van der Waals surface area contributed by atoms with Gasteiger partial charge in [0.2, 0.25) is 0 Å². The van der Waals surface area contributed by atoms with Crippen LogP contribution in [0.2, 0.25) is 0 Å². The first kappa shape index (κ1) is 14.6. The monoisotopic (exact) mass is 273 g/mol. The Kier molecular flexibility index (Phi) is 5.62. The Morgan fingerprint density at radius 3 is 2.80 bits per heavy atom. The van der Waals surface area contributed by atoms with E-state index < -0.39 is 0 Å². The minimum atomic E-state index is 0.825. The summed E-state index contributed by atoms with van der Waals surface area (Å²) in [6.45, 7) is 7.95. The van der Waals surface area contributed by atoms with Gasteiger partial charge in [-0.25, -0.2) is 4.98 Å². The van der Waals surface area contributed by atoms with Gasteiger partial charge in [0.05, 0.1) is 12.8 Å². The first-order valence-corrected chi connectivity index (χ1v) is 7.26. The summed E-state index contributed by atoms with van der Waals surface area (Å²) in [4.78, 5) is 6.78. The van der Waals surface area contributed by atoms with Crippen molar-refractivity contribution >= 4 is 5.82 Å². The largest absolute Gasteiger partial charge is 0.468 e. The Hall–Kier alpha value is -1.81. The second-order valence-corrected chi connectivity index (χ2v) is 4.82. The van der Waals surface area contributed by atoms with Crippen LogP contribution in [-0.2, 0) is 13.1 Å². The number of aromatic nitrogens is 1. The fourth-order valence-electron chi connectivity index (χ4n) is 2.11. The summed E-state index contributed by atoms with van der Waals surface area (Å²) in [6.07, 6.45) is 4.66. The third-order valence-corrected chi connectivity index (χ3v) is 3.23. The van der Waals surface area contributed by atoms with E-state index in [1.54, 1.807) is 6.26 Å². The van der Waals surface area contributed by atoms with E-state index in [0.29, 0.717) is 0 Å². The van der Waals surface area contributed by atoms with Crippen molar-refractivity contribution in [2.24, 2.45) is 0 Å². The standard InChI is InChI=1S/C16H23N3O/c1-3-9-17-16-14(7-5-10-18-16)12-19(4-2)13-15-8-6-11-20-15/h5-8,10-11H,3-4,9,12-13H2,1-2H3,(H,17,18). The third kappa shape index (κ3) is 4.10. The van der Waals surface area contributed by atoms with Crippen LogP contribution in [0.15, 0.2) is 41.1 Å². The number of nitrogens with one attached hydrogen (secondary N) is 1. The molecule has 0 radical (unpaired) electrons. The highest BCUT2D eigenvalue weighted by Crippen LogP contribution is 2.16. The number of anilines is 1. The van der Waals surface area contributed by atoms with E-state index in [0.717, 1.165) is 44.2 Å². The van der Waals surface area contributed by atoms with Crippen molar-refractivity contribution in [1.82, 2.24) is 9.88 Å². The van der Waals surface area contributed by atoms with Gasteiger partial charge in [0.15, 0.2) is 0 Å². The van der Waals surface area contributed by atoms with Gasteiger partial charge >= 0.3 is 0 Å². The molecule has 2 aromatic rings. The molecule has 0 saturated heterocycles. The molecule has 0 unspecified atom stereocenters. The maximum atomic E-state index is 5.43. The molecule has 4 heteroatoms. The number of rotatable bonds is 8. The van der Waals surface area contributed by atoms with Crippen molar-refractivity contribution < 1.29 is 4.42 Å². The molecule has 0 atom stereocenters. The molecule has 108 valence electrons. The molecule has 2 aromatic heterocycles. The zero-order valence-electron chi connectivity index (χ0n) is 12.3. The van der Waals surface area contributed by atoms with Crippen LogP contribution in [0.1, 0.15) is 31.6 Å². The molecule has 1 N–H and O–H groups in total. The molecular formula is C16H23N3O. The predicted molar refractivity (Wildman–Crippen MR) is 81.5 cm³/mol. The van der Waals surface area contributed by atoms with Gasteiger partial charge in [0.25, 0.3) is 0 Å². The van der Waals surface area contributed by atoms with E-state index in [2.05, 4.69) is 35.1 Å². The van der Waals surface area contributed by atoms with Gasteiger partial charge in [0, 0.05) is 24.8 Å². The summed E-state index contributed by atoms with van der Waals surface area (Å²) in [5, 5.41) is 3.39. The van der Waals surface area contributed by atoms with Crippen LogP contribution in [0.5, 0.6) is 0 Å². The lowest BCUT2D eigenvalue weighted by Gasteiger charge is -2.20. The van der Waals surface area contributed by atoms with Gasteiger partial charge in [0.1, 0.15) is 11.6 Å². The summed E-state index contributed by atoms with van der Waals surface area (Å²) in [5.41, 5.74) is 1.23. The lowest BCUT2D eigenvalue weighted by atomic mass is 10.2. The van der Waals surface area contributed by atoms with E-state index in [9.17, 15) is 0 Å². The molecule has 0 saturated carbocycles. The smallest absolute Gasteiger partial charge is 0.130 e. The summed E-state index contributed by atoms with van der Waals surface area (Å²) in [6, 6.07) is 8.08. The van der Waals surface area contributed by atoms with E-state index in [1.165, 1.54) is 5.56 Å². The number of hydrogen-bond donors (Lipinski definition) is 1. The molecule has 2 rings (SSSR count). The van der Waals surface area contributed by atoms with Crippen LogP contribution in [0.3, 0.4) is 0 Å². The summed E-state index contributed by atoms with van der Waals surface area (Å²) in [7, 11) is 0. The topological polar surface area (TPSA) is 41.3 Å². The second kappa shape index (κ2) is 7.70. The number of pyridine rings is 1. The lowest BCUT2D eigenvalue weighted by Crippen LogP contribution is -2.23. The molecule has 0 amide bonds. The van der Waals surface area contributed by atoms with Crippen molar-refractivity contribution in [1.29, 1.82) is 0 Å². The van der Waals surface area contributed by atoms with Crippen LogP contribution in [0.25, 0.3) is 0 Å².